The molecule has 110 valence electrons. The predicted octanol–water partition coefficient (Wildman–Crippen LogP) is 1.16. The van der Waals surface area contributed by atoms with E-state index in [1.165, 1.54) is 0 Å². The molecule has 2 heterocycles. The second kappa shape index (κ2) is 7.07. The van der Waals surface area contributed by atoms with Crippen LogP contribution in [0.15, 0.2) is 0 Å². The van der Waals surface area contributed by atoms with Crippen LogP contribution in [0.2, 0.25) is 0 Å². The number of carbonyl (C=O) groups is 1. The lowest BCUT2D eigenvalue weighted by Crippen LogP contribution is -2.52. The average Bonchev–Trinajstić information content (AvgIpc) is 2.92. The van der Waals surface area contributed by atoms with Crippen LogP contribution in [0, 0.1) is 5.92 Å². The maximum atomic E-state index is 11.9. The molecule has 2 amide bonds. The number of amides is 2. The molecule has 0 unspecified atom stereocenters. The minimum Gasteiger partial charge on any atom is -0.375 e. The Morgan fingerprint density at radius 2 is 2.16 bits per heavy atom. The lowest BCUT2D eigenvalue weighted by atomic mass is 10.1. The molecule has 2 saturated heterocycles. The fourth-order valence-electron chi connectivity index (χ4n) is 2.32. The summed E-state index contributed by atoms with van der Waals surface area (Å²) in [6, 6.07) is -0.188. The number of urea groups is 1. The van der Waals surface area contributed by atoms with Crippen LogP contribution in [-0.4, -0.2) is 56.0 Å². The van der Waals surface area contributed by atoms with Gasteiger partial charge in [0.25, 0.3) is 0 Å². The van der Waals surface area contributed by atoms with E-state index in [2.05, 4.69) is 5.48 Å². The van der Waals surface area contributed by atoms with Crippen molar-refractivity contribution in [3.8, 4) is 0 Å². The highest BCUT2D eigenvalue weighted by Gasteiger charge is 2.32. The first-order chi connectivity index (χ1) is 9.16. The Hall–Kier alpha value is -0.850. The summed E-state index contributed by atoms with van der Waals surface area (Å²) >= 11 is 0. The van der Waals surface area contributed by atoms with Gasteiger partial charge in [0.1, 0.15) is 6.10 Å². The first-order valence-electron chi connectivity index (χ1n) is 7.06. The summed E-state index contributed by atoms with van der Waals surface area (Å²) in [6.45, 7) is 7.12. The van der Waals surface area contributed by atoms with Crippen LogP contribution in [0.1, 0.15) is 26.7 Å². The number of morpholine rings is 1. The van der Waals surface area contributed by atoms with Crippen molar-refractivity contribution in [2.45, 2.75) is 38.9 Å². The van der Waals surface area contributed by atoms with Gasteiger partial charge in [-0.2, -0.15) is 0 Å². The van der Waals surface area contributed by atoms with Crippen LogP contribution in [0.3, 0.4) is 0 Å². The van der Waals surface area contributed by atoms with E-state index in [-0.39, 0.29) is 18.2 Å². The summed E-state index contributed by atoms with van der Waals surface area (Å²) < 4.78 is 11.3. The maximum absolute atomic E-state index is 11.9. The third kappa shape index (κ3) is 4.33. The van der Waals surface area contributed by atoms with Crippen molar-refractivity contribution < 1.29 is 19.1 Å². The van der Waals surface area contributed by atoms with E-state index in [0.717, 1.165) is 19.4 Å². The Morgan fingerprint density at radius 1 is 1.37 bits per heavy atom. The van der Waals surface area contributed by atoms with Gasteiger partial charge in [-0.15, -0.1) is 0 Å². The van der Waals surface area contributed by atoms with E-state index in [9.17, 15) is 4.79 Å². The van der Waals surface area contributed by atoms with Crippen LogP contribution in [0.25, 0.3) is 0 Å². The van der Waals surface area contributed by atoms with Gasteiger partial charge in [-0.1, -0.05) is 13.8 Å². The number of hydrogen-bond acceptors (Lipinski definition) is 4. The van der Waals surface area contributed by atoms with Crippen molar-refractivity contribution in [3.05, 3.63) is 0 Å². The van der Waals surface area contributed by atoms with Gasteiger partial charge >= 0.3 is 6.03 Å². The fourth-order valence-corrected chi connectivity index (χ4v) is 2.32. The summed E-state index contributed by atoms with van der Waals surface area (Å²) in [4.78, 5) is 18.8. The van der Waals surface area contributed by atoms with Crippen molar-refractivity contribution in [1.82, 2.24) is 10.4 Å². The molecule has 0 spiro atoms. The van der Waals surface area contributed by atoms with Crippen molar-refractivity contribution in [3.63, 3.8) is 0 Å². The highest BCUT2D eigenvalue weighted by molar-refractivity contribution is 5.73. The van der Waals surface area contributed by atoms with Gasteiger partial charge in [0.2, 0.25) is 0 Å². The van der Waals surface area contributed by atoms with Crippen LogP contribution in [0.4, 0.5) is 4.79 Å². The molecule has 6 nitrogen and oxygen atoms in total. The molecule has 2 atom stereocenters. The summed E-state index contributed by atoms with van der Waals surface area (Å²) in [7, 11) is 0. The molecule has 0 aromatic heterocycles. The first kappa shape index (κ1) is 14.6. The van der Waals surface area contributed by atoms with Crippen molar-refractivity contribution >= 4 is 6.03 Å². The number of nitrogens with one attached hydrogen (secondary N) is 1. The highest BCUT2D eigenvalue weighted by Crippen LogP contribution is 2.20. The zero-order valence-electron chi connectivity index (χ0n) is 11.8. The van der Waals surface area contributed by atoms with Gasteiger partial charge in [0.05, 0.1) is 25.9 Å². The monoisotopic (exact) mass is 272 g/mol. The molecule has 0 saturated carbocycles. The molecule has 2 aliphatic rings. The second-order valence-corrected chi connectivity index (χ2v) is 5.52. The van der Waals surface area contributed by atoms with E-state index in [1.807, 2.05) is 13.8 Å². The van der Waals surface area contributed by atoms with E-state index < -0.39 is 0 Å². The Balaban J connectivity index is 1.74. The van der Waals surface area contributed by atoms with Crippen LogP contribution in [0.5, 0.6) is 0 Å². The Labute approximate surface area is 114 Å². The molecule has 0 radical (unpaired) electrons. The minimum atomic E-state index is -0.188. The predicted molar refractivity (Wildman–Crippen MR) is 69.6 cm³/mol. The van der Waals surface area contributed by atoms with Gasteiger partial charge in [-0.05, 0) is 18.8 Å². The molecule has 0 aromatic carbocycles. The van der Waals surface area contributed by atoms with Crippen LogP contribution >= 0.6 is 0 Å². The number of carbonyl (C=O) groups excluding carboxylic acids is 1. The van der Waals surface area contributed by atoms with Crippen LogP contribution < -0.4 is 5.48 Å². The zero-order valence-corrected chi connectivity index (χ0v) is 11.8. The molecule has 6 heteroatoms. The van der Waals surface area contributed by atoms with Crippen molar-refractivity contribution in [2.24, 2.45) is 5.92 Å². The van der Waals surface area contributed by atoms with E-state index >= 15 is 0 Å². The van der Waals surface area contributed by atoms with Gasteiger partial charge < -0.3 is 14.4 Å². The third-order valence-electron chi connectivity index (χ3n) is 3.34. The molecular formula is C13H24N2O4. The molecule has 0 aliphatic carbocycles. The number of ether oxygens (including phenoxy) is 2. The maximum Gasteiger partial charge on any atom is 0.341 e. The molecule has 2 rings (SSSR count). The first-order valence-corrected chi connectivity index (χ1v) is 7.06. The molecule has 1 N–H and O–H groups in total. The second-order valence-electron chi connectivity index (χ2n) is 5.52. The number of rotatable bonds is 4. The molecule has 2 aliphatic heterocycles. The lowest BCUT2D eigenvalue weighted by Gasteiger charge is -2.35. The minimum absolute atomic E-state index is 0.00732. The Kier molecular flexibility index (Phi) is 5.42. The van der Waals surface area contributed by atoms with Gasteiger partial charge in [0.15, 0.2) is 0 Å². The SMILES string of the molecule is CC(C)CONC(=O)N1CCO[C@@H]([C@@H]2CCCO2)C1. The lowest BCUT2D eigenvalue weighted by molar-refractivity contribution is -0.0883. The quantitative estimate of drug-likeness (QED) is 0.780. The Bertz CT molecular complexity index is 292. The average molecular weight is 272 g/mol. The van der Waals surface area contributed by atoms with Crippen LogP contribution in [-0.2, 0) is 14.3 Å². The third-order valence-corrected chi connectivity index (χ3v) is 3.34. The van der Waals surface area contributed by atoms with E-state index in [0.29, 0.717) is 32.2 Å². The molecular weight excluding hydrogens is 248 g/mol. The summed E-state index contributed by atoms with van der Waals surface area (Å²) in [6.07, 6.45) is 2.22. The van der Waals surface area contributed by atoms with E-state index in [1.54, 1.807) is 4.90 Å². The molecule has 0 bridgehead atoms. The molecule has 19 heavy (non-hydrogen) atoms. The van der Waals surface area contributed by atoms with Crippen molar-refractivity contribution in [1.29, 1.82) is 0 Å². The molecule has 0 aromatic rings. The van der Waals surface area contributed by atoms with Gasteiger partial charge in [-0.25, -0.2) is 10.3 Å². The standard InChI is InChI=1S/C13H24N2O4/c1-10(2)9-19-14-13(16)15-5-7-18-12(8-15)11-4-3-6-17-11/h10-12H,3-9H2,1-2H3,(H,14,16)/t11-,12+/m0/s1. The Morgan fingerprint density at radius 3 is 2.84 bits per heavy atom. The highest BCUT2D eigenvalue weighted by atomic mass is 16.7. The summed E-state index contributed by atoms with van der Waals surface area (Å²) in [5.74, 6) is 0.393. The van der Waals surface area contributed by atoms with Gasteiger partial charge in [-0.3, -0.25) is 4.84 Å². The largest absolute Gasteiger partial charge is 0.375 e. The normalized spacial score (nSPS) is 27.8. The molecule has 2 fully saturated rings. The number of hydroxylamine groups is 1. The fraction of sp³-hybridized carbons (Fsp3) is 0.923. The zero-order chi connectivity index (χ0) is 13.7. The smallest absolute Gasteiger partial charge is 0.341 e. The number of nitrogens with zero attached hydrogens (tertiary/aromatic N) is 1. The van der Waals surface area contributed by atoms with Crippen molar-refractivity contribution in [2.75, 3.05) is 32.9 Å². The topological polar surface area (TPSA) is 60.0 Å². The van der Waals surface area contributed by atoms with Gasteiger partial charge in [0, 0.05) is 13.2 Å². The number of hydrogen-bond donors (Lipinski definition) is 1. The van der Waals surface area contributed by atoms with E-state index in [4.69, 9.17) is 14.3 Å². The summed E-state index contributed by atoms with van der Waals surface area (Å²) in [5, 5.41) is 0. The summed E-state index contributed by atoms with van der Waals surface area (Å²) in [5.41, 5.74) is 2.49.